The molecule has 0 spiro atoms. The minimum Gasteiger partial charge on any atom is -0.300 e. The van der Waals surface area contributed by atoms with Crippen LogP contribution in [-0.2, 0) is 4.79 Å². The fourth-order valence-electron chi connectivity index (χ4n) is 2.31. The highest BCUT2D eigenvalue weighted by Gasteiger charge is 2.23. The second kappa shape index (κ2) is 3.80. The van der Waals surface area contributed by atoms with E-state index in [2.05, 4.69) is 23.6 Å². The zero-order valence-electron chi connectivity index (χ0n) is 9.71. The van der Waals surface area contributed by atoms with Crippen LogP contribution >= 0.6 is 0 Å². The average Bonchev–Trinajstić information content (AvgIpc) is 2.46. The molecule has 0 aromatic carbocycles. The summed E-state index contributed by atoms with van der Waals surface area (Å²) < 4.78 is 2.06. The maximum atomic E-state index is 11.4. The second-order valence-corrected chi connectivity index (χ2v) is 4.53. The Bertz CT molecular complexity index is 393. The summed E-state index contributed by atoms with van der Waals surface area (Å²) >= 11 is 0. The van der Waals surface area contributed by atoms with Crippen molar-refractivity contribution >= 4 is 5.78 Å². The second-order valence-electron chi connectivity index (χ2n) is 4.53. The van der Waals surface area contributed by atoms with Crippen molar-refractivity contribution in [1.82, 2.24) is 9.78 Å². The van der Waals surface area contributed by atoms with Crippen molar-refractivity contribution in [2.45, 2.75) is 52.5 Å². The quantitative estimate of drug-likeness (QED) is 0.707. The number of ketones is 1. The van der Waals surface area contributed by atoms with Gasteiger partial charge in [0, 0.05) is 18.5 Å². The molecule has 1 aromatic heterocycles. The van der Waals surface area contributed by atoms with E-state index in [0.717, 1.165) is 25.0 Å². The third kappa shape index (κ3) is 1.83. The highest BCUT2D eigenvalue weighted by molar-refractivity contribution is 5.79. The number of Topliss-reactive ketones (excluding diaryl/α,β-unsaturated/α-hetero) is 1. The van der Waals surface area contributed by atoms with Gasteiger partial charge in [0.05, 0.1) is 11.7 Å². The molecular formula is C12H18N2O. The summed E-state index contributed by atoms with van der Waals surface area (Å²) in [6.45, 7) is 6.22. The van der Waals surface area contributed by atoms with Crippen LogP contribution in [0.1, 0.15) is 48.7 Å². The first kappa shape index (κ1) is 10.4. The van der Waals surface area contributed by atoms with E-state index in [-0.39, 0.29) is 0 Å². The first-order chi connectivity index (χ1) is 7.09. The first-order valence-corrected chi connectivity index (χ1v) is 5.63. The molecule has 1 unspecified atom stereocenters. The number of carbonyl (C=O) groups excluding carboxylic acids is 1. The standard InChI is InChI=1S/C12H18N2O/c1-8-9(2)13-14(10(8)3)11-5-4-6-12(15)7-11/h11H,4-7H2,1-3H3. The van der Waals surface area contributed by atoms with Crippen LogP contribution in [-0.4, -0.2) is 15.6 Å². The number of hydrogen-bond acceptors (Lipinski definition) is 2. The number of rotatable bonds is 1. The molecule has 15 heavy (non-hydrogen) atoms. The van der Waals surface area contributed by atoms with E-state index < -0.39 is 0 Å². The molecule has 1 aliphatic rings. The van der Waals surface area contributed by atoms with Gasteiger partial charge in [-0.05, 0) is 39.2 Å². The van der Waals surface area contributed by atoms with Gasteiger partial charge in [0.25, 0.3) is 0 Å². The number of nitrogens with zero attached hydrogens (tertiary/aromatic N) is 2. The van der Waals surface area contributed by atoms with Gasteiger partial charge in [-0.3, -0.25) is 9.48 Å². The van der Waals surface area contributed by atoms with Crippen LogP contribution in [0.2, 0.25) is 0 Å². The minimum atomic E-state index is 0.304. The van der Waals surface area contributed by atoms with Gasteiger partial charge in [0.1, 0.15) is 5.78 Å². The van der Waals surface area contributed by atoms with E-state index in [1.165, 1.54) is 11.3 Å². The Labute approximate surface area is 90.5 Å². The van der Waals surface area contributed by atoms with E-state index >= 15 is 0 Å². The fourth-order valence-corrected chi connectivity index (χ4v) is 2.31. The number of carbonyl (C=O) groups is 1. The van der Waals surface area contributed by atoms with Crippen molar-refractivity contribution in [3.05, 3.63) is 17.0 Å². The van der Waals surface area contributed by atoms with Crippen molar-refractivity contribution in [3.8, 4) is 0 Å². The lowest BCUT2D eigenvalue weighted by Gasteiger charge is -2.22. The van der Waals surface area contributed by atoms with Gasteiger partial charge in [-0.2, -0.15) is 5.10 Å². The molecule has 1 aliphatic carbocycles. The van der Waals surface area contributed by atoms with Gasteiger partial charge < -0.3 is 0 Å². The molecule has 0 aliphatic heterocycles. The zero-order valence-corrected chi connectivity index (χ0v) is 9.71. The summed E-state index contributed by atoms with van der Waals surface area (Å²) in [5.41, 5.74) is 3.56. The van der Waals surface area contributed by atoms with Gasteiger partial charge in [-0.25, -0.2) is 0 Å². The van der Waals surface area contributed by atoms with Crippen molar-refractivity contribution in [2.75, 3.05) is 0 Å². The Morgan fingerprint density at radius 3 is 2.60 bits per heavy atom. The predicted octanol–water partition coefficient (Wildman–Crippen LogP) is 2.49. The maximum Gasteiger partial charge on any atom is 0.135 e. The van der Waals surface area contributed by atoms with Crippen LogP contribution < -0.4 is 0 Å². The Morgan fingerprint density at radius 2 is 2.07 bits per heavy atom. The smallest absolute Gasteiger partial charge is 0.135 e. The van der Waals surface area contributed by atoms with Gasteiger partial charge in [-0.1, -0.05) is 0 Å². The third-order valence-corrected chi connectivity index (χ3v) is 3.49. The Balaban J connectivity index is 2.28. The fraction of sp³-hybridized carbons (Fsp3) is 0.667. The van der Waals surface area contributed by atoms with Crippen LogP contribution in [0.25, 0.3) is 0 Å². The minimum absolute atomic E-state index is 0.304. The number of aryl methyl sites for hydroxylation is 1. The zero-order chi connectivity index (χ0) is 11.0. The van der Waals surface area contributed by atoms with Gasteiger partial charge in [0.2, 0.25) is 0 Å². The topological polar surface area (TPSA) is 34.9 Å². The van der Waals surface area contributed by atoms with Crippen LogP contribution in [0.4, 0.5) is 0 Å². The molecule has 3 nitrogen and oxygen atoms in total. The van der Waals surface area contributed by atoms with Crippen LogP contribution in [0.5, 0.6) is 0 Å². The van der Waals surface area contributed by atoms with E-state index in [1.807, 2.05) is 6.92 Å². The summed E-state index contributed by atoms with van der Waals surface area (Å²) in [5.74, 6) is 0.386. The van der Waals surface area contributed by atoms with E-state index in [1.54, 1.807) is 0 Å². The van der Waals surface area contributed by atoms with Gasteiger partial charge >= 0.3 is 0 Å². The molecule has 1 fully saturated rings. The van der Waals surface area contributed by atoms with Gasteiger partial charge in [-0.15, -0.1) is 0 Å². The summed E-state index contributed by atoms with van der Waals surface area (Å²) in [6, 6.07) is 0.304. The monoisotopic (exact) mass is 206 g/mol. The highest BCUT2D eigenvalue weighted by Crippen LogP contribution is 2.28. The summed E-state index contributed by atoms with van der Waals surface area (Å²) in [5, 5.41) is 4.53. The van der Waals surface area contributed by atoms with E-state index in [4.69, 9.17) is 0 Å². The van der Waals surface area contributed by atoms with Crippen LogP contribution in [0, 0.1) is 20.8 Å². The van der Waals surface area contributed by atoms with Crippen molar-refractivity contribution in [2.24, 2.45) is 0 Å². The maximum absolute atomic E-state index is 11.4. The summed E-state index contributed by atoms with van der Waals surface area (Å²) in [4.78, 5) is 11.4. The van der Waals surface area contributed by atoms with Crippen LogP contribution in [0.3, 0.4) is 0 Å². The number of aromatic nitrogens is 2. The Hall–Kier alpha value is -1.12. The highest BCUT2D eigenvalue weighted by atomic mass is 16.1. The molecule has 0 N–H and O–H groups in total. The molecule has 1 heterocycles. The Morgan fingerprint density at radius 1 is 1.33 bits per heavy atom. The summed E-state index contributed by atoms with van der Waals surface area (Å²) in [6.07, 6.45) is 3.53. The molecule has 82 valence electrons. The molecular weight excluding hydrogens is 188 g/mol. The molecule has 1 saturated carbocycles. The lowest BCUT2D eigenvalue weighted by molar-refractivity contribution is -0.121. The van der Waals surface area contributed by atoms with Crippen molar-refractivity contribution in [1.29, 1.82) is 0 Å². The largest absolute Gasteiger partial charge is 0.300 e. The lowest BCUT2D eigenvalue weighted by Crippen LogP contribution is -2.20. The SMILES string of the molecule is Cc1nn(C2CCCC(=O)C2)c(C)c1C. The predicted molar refractivity (Wildman–Crippen MR) is 59.0 cm³/mol. The average molecular weight is 206 g/mol. The van der Waals surface area contributed by atoms with Crippen molar-refractivity contribution < 1.29 is 4.79 Å². The Kier molecular flexibility index (Phi) is 2.63. The third-order valence-electron chi connectivity index (χ3n) is 3.49. The molecule has 2 rings (SSSR count). The first-order valence-electron chi connectivity index (χ1n) is 5.63. The van der Waals surface area contributed by atoms with E-state index in [0.29, 0.717) is 18.2 Å². The number of hydrogen-bond donors (Lipinski definition) is 0. The molecule has 0 saturated heterocycles. The summed E-state index contributed by atoms with van der Waals surface area (Å²) in [7, 11) is 0. The van der Waals surface area contributed by atoms with Gasteiger partial charge in [0.15, 0.2) is 0 Å². The molecule has 1 atom stereocenters. The molecule has 0 radical (unpaired) electrons. The molecule has 0 amide bonds. The van der Waals surface area contributed by atoms with E-state index in [9.17, 15) is 4.79 Å². The normalized spacial score (nSPS) is 22.1. The van der Waals surface area contributed by atoms with Crippen molar-refractivity contribution in [3.63, 3.8) is 0 Å². The molecule has 1 aromatic rings. The molecule has 3 heteroatoms. The molecule has 0 bridgehead atoms. The van der Waals surface area contributed by atoms with Crippen LogP contribution in [0.15, 0.2) is 0 Å². The lowest BCUT2D eigenvalue weighted by atomic mass is 9.94.